The molecule has 254 valence electrons. The molecule has 3 heterocycles. The first-order chi connectivity index (χ1) is 22.6. The summed E-state index contributed by atoms with van der Waals surface area (Å²) in [6.07, 6.45) is 23.7. The van der Waals surface area contributed by atoms with Gasteiger partial charge in [0.05, 0.1) is 17.8 Å². The van der Waals surface area contributed by atoms with Crippen LogP contribution in [-0.2, 0) is 9.47 Å². The lowest BCUT2D eigenvalue weighted by atomic mass is 9.38. The zero-order chi connectivity index (χ0) is 31.3. The summed E-state index contributed by atoms with van der Waals surface area (Å²) in [5.74, 6) is 5.76. The highest BCUT2D eigenvalue weighted by Crippen LogP contribution is 2.88. The summed E-state index contributed by atoms with van der Waals surface area (Å²) in [5.41, 5.74) is 8.36. The van der Waals surface area contributed by atoms with Crippen LogP contribution in [0.25, 0.3) is 0 Å². The molecule has 4 heteroatoms. The number of fused-ring (bicyclic) bond motifs is 3. The summed E-state index contributed by atoms with van der Waals surface area (Å²) in [7, 11) is 7.03. The average Bonchev–Trinajstić information content (AvgIpc) is 3.55. The Hall–Kier alpha value is -0.680. The fourth-order valence-electron chi connectivity index (χ4n) is 20.4. The number of likely N-dealkylation sites (tertiary alicyclic amines) is 2. The van der Waals surface area contributed by atoms with E-state index in [-0.39, 0.29) is 5.60 Å². The molecule has 5 spiro atoms. The van der Waals surface area contributed by atoms with Gasteiger partial charge < -0.3 is 19.3 Å². The summed E-state index contributed by atoms with van der Waals surface area (Å²) in [6.45, 7) is 9.23. The summed E-state index contributed by atoms with van der Waals surface area (Å²) >= 11 is 0. The summed E-state index contributed by atoms with van der Waals surface area (Å²) < 4.78 is 15.2. The molecule has 0 radical (unpaired) electrons. The number of rotatable bonds is 1. The van der Waals surface area contributed by atoms with Gasteiger partial charge in [0, 0.05) is 60.9 Å². The molecule has 15 aliphatic rings. The molecule has 0 aromatic rings. The lowest BCUT2D eigenvalue weighted by Crippen LogP contribution is -2.70. The number of allylic oxidation sites excluding steroid dienone is 2. The third-order valence-corrected chi connectivity index (χ3v) is 20.6. The van der Waals surface area contributed by atoms with E-state index in [1.807, 2.05) is 16.7 Å². The van der Waals surface area contributed by atoms with E-state index < -0.39 is 0 Å². The molecule has 15 rings (SSSR count). The van der Waals surface area contributed by atoms with Crippen molar-refractivity contribution in [2.24, 2.45) is 73.9 Å². The molecule has 11 fully saturated rings. The van der Waals surface area contributed by atoms with Crippen LogP contribution >= 0.6 is 0 Å². The van der Waals surface area contributed by atoms with Gasteiger partial charge in [-0.15, -0.1) is 0 Å². The first-order valence-electron chi connectivity index (χ1n) is 20.6. The van der Waals surface area contributed by atoms with Gasteiger partial charge in [-0.1, -0.05) is 31.9 Å². The quantitative estimate of drug-likeness (QED) is 0.298. The standard InChI is InChI=1S/C43H60N2O2/c1-37-9-6-10-43-31(37)8-12-40-21-41(29(17-32(40)43)34(46-5)33(40)35(43)45(4)23-37)13-14-42-28-16-27-25-15-24-18-38(2,22-44(3)20-24)26(25)7-11-39(27,19-30(28)42)36(42)47-41/h16,24,28-36H,6-15,17-23H2,1-5H3/t24-,28-,29-,30?,31-,32-,33?,34?,35?,36+,37+,38+,39-,40+,41+,42-,43+/m1/s1. The molecule has 0 amide bonds. The van der Waals surface area contributed by atoms with Gasteiger partial charge in [0.15, 0.2) is 0 Å². The van der Waals surface area contributed by atoms with Gasteiger partial charge in [-0.2, -0.15) is 0 Å². The van der Waals surface area contributed by atoms with Gasteiger partial charge in [-0.3, -0.25) is 0 Å². The number of hydrogen-bond donors (Lipinski definition) is 0. The second-order valence-corrected chi connectivity index (χ2v) is 21.8. The monoisotopic (exact) mass is 636 g/mol. The third-order valence-electron chi connectivity index (χ3n) is 20.6. The smallest absolute Gasteiger partial charge is 0.0745 e. The minimum absolute atomic E-state index is 0.0566. The van der Waals surface area contributed by atoms with Gasteiger partial charge in [-0.25, -0.2) is 0 Å². The van der Waals surface area contributed by atoms with Crippen LogP contribution in [0.2, 0.25) is 0 Å². The van der Waals surface area contributed by atoms with Gasteiger partial charge in [0.1, 0.15) is 0 Å². The maximum Gasteiger partial charge on any atom is 0.0745 e. The number of nitrogens with zero attached hydrogens (tertiary/aromatic N) is 2. The first kappa shape index (κ1) is 28.0. The van der Waals surface area contributed by atoms with Crippen LogP contribution in [0.15, 0.2) is 22.8 Å². The van der Waals surface area contributed by atoms with Crippen molar-refractivity contribution in [2.45, 2.75) is 128 Å². The second kappa shape index (κ2) is 7.88. The van der Waals surface area contributed by atoms with Crippen LogP contribution in [0.1, 0.15) is 104 Å². The van der Waals surface area contributed by atoms with Crippen LogP contribution < -0.4 is 0 Å². The van der Waals surface area contributed by atoms with Crippen LogP contribution in [0.5, 0.6) is 0 Å². The lowest BCUT2D eigenvalue weighted by molar-refractivity contribution is -0.308. The topological polar surface area (TPSA) is 24.9 Å². The molecule has 3 saturated heterocycles. The Bertz CT molecular complexity index is 1600. The third kappa shape index (κ3) is 2.64. The predicted molar refractivity (Wildman–Crippen MR) is 182 cm³/mol. The molecule has 3 aliphatic heterocycles. The molecule has 4 unspecified atom stereocenters. The molecule has 12 bridgehead atoms. The number of methoxy groups -OCH3 is 1. The summed E-state index contributed by atoms with van der Waals surface area (Å²) in [4.78, 5) is 5.58. The van der Waals surface area contributed by atoms with Crippen molar-refractivity contribution < 1.29 is 9.47 Å². The minimum Gasteiger partial charge on any atom is -0.381 e. The van der Waals surface area contributed by atoms with E-state index in [4.69, 9.17) is 9.47 Å². The van der Waals surface area contributed by atoms with Crippen LogP contribution in [0.4, 0.5) is 0 Å². The Morgan fingerprint density at radius 1 is 0.936 bits per heavy atom. The number of hydrogen-bond acceptors (Lipinski definition) is 4. The van der Waals surface area contributed by atoms with E-state index in [0.717, 1.165) is 41.5 Å². The van der Waals surface area contributed by atoms with Crippen LogP contribution in [0, 0.1) is 73.9 Å². The SMILES string of the molecule is COC1C2C3N(C)C[C@]4(C)CCC[C@@]35[C@@H]4CC[C@@]23C[C@@]2(CC[C@]46C7C[C@@]8(CCC9=C(C[C@H]%10CN(C)C[C@]9(C)C%10)C8=C[C@H]74)[C@@H]6O2)[C@@H]1C[C@H]35. The van der Waals surface area contributed by atoms with E-state index in [2.05, 4.69) is 50.9 Å². The summed E-state index contributed by atoms with van der Waals surface area (Å²) in [5, 5.41) is 0. The lowest BCUT2D eigenvalue weighted by Gasteiger charge is -2.70. The highest BCUT2D eigenvalue weighted by molar-refractivity contribution is 5.56. The summed E-state index contributed by atoms with van der Waals surface area (Å²) in [6, 6.07) is 0.744. The fraction of sp³-hybridized carbons (Fsp3) is 0.907. The van der Waals surface area contributed by atoms with E-state index >= 15 is 0 Å². The van der Waals surface area contributed by atoms with E-state index in [0.29, 0.717) is 50.6 Å². The normalized spacial score (nSPS) is 66.3. The molecule has 47 heavy (non-hydrogen) atoms. The molecule has 0 aromatic heterocycles. The van der Waals surface area contributed by atoms with E-state index in [9.17, 15) is 0 Å². The van der Waals surface area contributed by atoms with Gasteiger partial charge in [-0.05, 0) is 155 Å². The van der Waals surface area contributed by atoms with Crippen molar-refractivity contribution in [1.82, 2.24) is 9.80 Å². The molecular weight excluding hydrogens is 576 g/mol. The van der Waals surface area contributed by atoms with Crippen molar-refractivity contribution in [2.75, 3.05) is 40.8 Å². The molecular formula is C43H60N2O2. The van der Waals surface area contributed by atoms with Gasteiger partial charge in [0.25, 0.3) is 0 Å². The van der Waals surface area contributed by atoms with Crippen LogP contribution in [-0.4, -0.2) is 74.5 Å². The molecule has 12 aliphatic carbocycles. The first-order valence-corrected chi connectivity index (χ1v) is 20.6. The van der Waals surface area contributed by atoms with Crippen molar-refractivity contribution in [3.8, 4) is 0 Å². The Kier molecular flexibility index (Phi) is 4.69. The van der Waals surface area contributed by atoms with Crippen molar-refractivity contribution in [3.05, 3.63) is 22.8 Å². The molecule has 4 nitrogen and oxygen atoms in total. The highest BCUT2D eigenvalue weighted by atomic mass is 16.5. The Labute approximate surface area is 283 Å². The zero-order valence-electron chi connectivity index (χ0n) is 30.1. The Balaban J connectivity index is 0.914. The Morgan fingerprint density at radius 2 is 1.83 bits per heavy atom. The van der Waals surface area contributed by atoms with Gasteiger partial charge >= 0.3 is 0 Å². The van der Waals surface area contributed by atoms with Crippen molar-refractivity contribution in [1.29, 1.82) is 0 Å². The van der Waals surface area contributed by atoms with Crippen LogP contribution in [0.3, 0.4) is 0 Å². The molecule has 0 aromatic carbocycles. The molecule has 0 N–H and O–H groups in total. The largest absolute Gasteiger partial charge is 0.381 e. The predicted octanol–water partition coefficient (Wildman–Crippen LogP) is 7.49. The van der Waals surface area contributed by atoms with E-state index in [1.54, 1.807) is 0 Å². The molecule has 17 atom stereocenters. The average molecular weight is 637 g/mol. The highest BCUT2D eigenvalue weighted by Gasteiger charge is 2.87. The molecule has 8 saturated carbocycles. The van der Waals surface area contributed by atoms with Crippen molar-refractivity contribution >= 4 is 0 Å². The number of ether oxygens (including phenoxy) is 2. The maximum absolute atomic E-state index is 8.26. The minimum atomic E-state index is 0.0566. The zero-order valence-corrected chi connectivity index (χ0v) is 30.1. The maximum atomic E-state index is 8.26. The Morgan fingerprint density at radius 3 is 2.70 bits per heavy atom. The number of piperidine rings is 2. The van der Waals surface area contributed by atoms with E-state index in [1.165, 1.54) is 110 Å². The second-order valence-electron chi connectivity index (χ2n) is 21.8. The van der Waals surface area contributed by atoms with Gasteiger partial charge in [0.2, 0.25) is 0 Å². The van der Waals surface area contributed by atoms with Crippen molar-refractivity contribution in [3.63, 3.8) is 0 Å². The fourth-order valence-corrected chi connectivity index (χ4v) is 20.4.